The predicted molar refractivity (Wildman–Crippen MR) is 57.9 cm³/mol. The second-order valence-electron chi connectivity index (χ2n) is 4.23. The third-order valence-corrected chi connectivity index (χ3v) is 3.07. The molecule has 1 aliphatic heterocycles. The van der Waals surface area contributed by atoms with Crippen LogP contribution in [0.2, 0.25) is 0 Å². The van der Waals surface area contributed by atoms with Crippen LogP contribution in [0.1, 0.15) is 39.0 Å². The first-order valence-corrected chi connectivity index (χ1v) is 5.75. The maximum absolute atomic E-state index is 10.9. The van der Waals surface area contributed by atoms with Gasteiger partial charge in [0, 0.05) is 5.92 Å². The molecular weight excluding hydrogens is 176 g/mol. The summed E-state index contributed by atoms with van der Waals surface area (Å²) in [5, 5.41) is 0. The second kappa shape index (κ2) is 6.02. The molecule has 1 saturated heterocycles. The van der Waals surface area contributed by atoms with Gasteiger partial charge in [0.05, 0.1) is 0 Å². The Labute approximate surface area is 86.6 Å². The van der Waals surface area contributed by atoms with Crippen molar-refractivity contribution in [3.8, 4) is 0 Å². The van der Waals surface area contributed by atoms with E-state index in [0.717, 1.165) is 25.9 Å². The highest BCUT2D eigenvalue weighted by Crippen LogP contribution is 2.16. The van der Waals surface area contributed by atoms with Crippen molar-refractivity contribution in [3.63, 3.8) is 0 Å². The molecular formula is C11H22N2O. The number of nitrogens with zero attached hydrogens (tertiary/aromatic N) is 1. The van der Waals surface area contributed by atoms with Gasteiger partial charge in [0.15, 0.2) is 0 Å². The number of carbonyl (C=O) groups excluding carboxylic acids is 1. The van der Waals surface area contributed by atoms with Gasteiger partial charge in [0.2, 0.25) is 5.91 Å². The summed E-state index contributed by atoms with van der Waals surface area (Å²) in [5.41, 5.74) is 5.28. The Balaban J connectivity index is 2.12. The van der Waals surface area contributed by atoms with Gasteiger partial charge in [-0.3, -0.25) is 4.79 Å². The van der Waals surface area contributed by atoms with E-state index in [2.05, 4.69) is 11.8 Å². The predicted octanol–water partition coefficient (Wildman–Crippen LogP) is 1.37. The highest BCUT2D eigenvalue weighted by molar-refractivity contribution is 5.76. The molecule has 1 amide bonds. The molecule has 0 atom stereocenters. The van der Waals surface area contributed by atoms with Crippen molar-refractivity contribution in [2.45, 2.75) is 39.0 Å². The van der Waals surface area contributed by atoms with Gasteiger partial charge in [-0.1, -0.05) is 19.8 Å². The molecule has 1 rings (SSSR count). The van der Waals surface area contributed by atoms with E-state index < -0.39 is 0 Å². The minimum atomic E-state index is -0.113. The number of hydrogen-bond donors (Lipinski definition) is 1. The SMILES string of the molecule is CCCCCN1CCC(C(N)=O)CC1. The van der Waals surface area contributed by atoms with Gasteiger partial charge < -0.3 is 10.6 Å². The summed E-state index contributed by atoms with van der Waals surface area (Å²) in [6.07, 6.45) is 5.80. The largest absolute Gasteiger partial charge is 0.369 e. The van der Waals surface area contributed by atoms with E-state index in [-0.39, 0.29) is 11.8 Å². The number of rotatable bonds is 5. The first-order chi connectivity index (χ1) is 6.74. The van der Waals surface area contributed by atoms with Crippen molar-refractivity contribution in [3.05, 3.63) is 0 Å². The lowest BCUT2D eigenvalue weighted by molar-refractivity contribution is -0.123. The summed E-state index contributed by atoms with van der Waals surface area (Å²) in [6, 6.07) is 0. The summed E-state index contributed by atoms with van der Waals surface area (Å²) in [7, 11) is 0. The molecule has 1 heterocycles. The number of amides is 1. The van der Waals surface area contributed by atoms with Gasteiger partial charge in [0.1, 0.15) is 0 Å². The average molecular weight is 198 g/mol. The lowest BCUT2D eigenvalue weighted by Gasteiger charge is -2.30. The number of piperidine rings is 1. The quantitative estimate of drug-likeness (QED) is 0.678. The van der Waals surface area contributed by atoms with E-state index in [9.17, 15) is 4.79 Å². The standard InChI is InChI=1S/C11H22N2O/c1-2-3-4-7-13-8-5-10(6-9-13)11(12)14/h10H,2-9H2,1H3,(H2,12,14). The zero-order valence-corrected chi connectivity index (χ0v) is 9.17. The average Bonchev–Trinajstić information content (AvgIpc) is 2.19. The number of carbonyl (C=O) groups is 1. The molecule has 1 fully saturated rings. The minimum Gasteiger partial charge on any atom is -0.369 e. The van der Waals surface area contributed by atoms with Crippen molar-refractivity contribution in [1.29, 1.82) is 0 Å². The summed E-state index contributed by atoms with van der Waals surface area (Å²) >= 11 is 0. The van der Waals surface area contributed by atoms with Crippen LogP contribution in [0.3, 0.4) is 0 Å². The van der Waals surface area contributed by atoms with Crippen molar-refractivity contribution in [2.24, 2.45) is 11.7 Å². The molecule has 14 heavy (non-hydrogen) atoms. The first-order valence-electron chi connectivity index (χ1n) is 5.75. The topological polar surface area (TPSA) is 46.3 Å². The monoisotopic (exact) mass is 198 g/mol. The van der Waals surface area contributed by atoms with Gasteiger partial charge in [0.25, 0.3) is 0 Å². The van der Waals surface area contributed by atoms with Crippen molar-refractivity contribution in [2.75, 3.05) is 19.6 Å². The summed E-state index contributed by atoms with van der Waals surface area (Å²) < 4.78 is 0. The van der Waals surface area contributed by atoms with Crippen molar-refractivity contribution >= 4 is 5.91 Å². The highest BCUT2D eigenvalue weighted by atomic mass is 16.1. The Morgan fingerprint density at radius 2 is 2.00 bits per heavy atom. The maximum Gasteiger partial charge on any atom is 0.220 e. The fourth-order valence-electron chi connectivity index (χ4n) is 2.03. The van der Waals surface area contributed by atoms with Gasteiger partial charge >= 0.3 is 0 Å². The summed E-state index contributed by atoms with van der Waals surface area (Å²) in [6.45, 7) is 5.52. The Hall–Kier alpha value is -0.570. The number of nitrogens with two attached hydrogens (primary N) is 1. The van der Waals surface area contributed by atoms with Crippen LogP contribution in [0.25, 0.3) is 0 Å². The smallest absolute Gasteiger partial charge is 0.220 e. The molecule has 0 bridgehead atoms. The molecule has 0 aliphatic carbocycles. The van der Waals surface area contributed by atoms with E-state index in [1.807, 2.05) is 0 Å². The lowest BCUT2D eigenvalue weighted by atomic mass is 9.96. The molecule has 0 radical (unpaired) electrons. The fraction of sp³-hybridized carbons (Fsp3) is 0.909. The van der Waals surface area contributed by atoms with E-state index >= 15 is 0 Å². The van der Waals surface area contributed by atoms with Gasteiger partial charge in [-0.2, -0.15) is 0 Å². The number of unbranched alkanes of at least 4 members (excludes halogenated alkanes) is 2. The summed E-state index contributed by atoms with van der Waals surface area (Å²) in [5.74, 6) is 0.0237. The molecule has 0 unspecified atom stereocenters. The highest BCUT2D eigenvalue weighted by Gasteiger charge is 2.22. The van der Waals surface area contributed by atoms with Crippen LogP contribution in [0.5, 0.6) is 0 Å². The van der Waals surface area contributed by atoms with E-state index in [4.69, 9.17) is 5.73 Å². The zero-order chi connectivity index (χ0) is 10.4. The lowest BCUT2D eigenvalue weighted by Crippen LogP contribution is -2.38. The van der Waals surface area contributed by atoms with Crippen molar-refractivity contribution < 1.29 is 4.79 Å². The van der Waals surface area contributed by atoms with E-state index in [0.29, 0.717) is 0 Å². The van der Waals surface area contributed by atoms with Crippen molar-refractivity contribution in [1.82, 2.24) is 4.90 Å². The Morgan fingerprint density at radius 3 is 2.50 bits per heavy atom. The van der Waals surface area contributed by atoms with Gasteiger partial charge in [-0.25, -0.2) is 0 Å². The first kappa shape index (κ1) is 11.5. The third-order valence-electron chi connectivity index (χ3n) is 3.07. The zero-order valence-electron chi connectivity index (χ0n) is 9.17. The third kappa shape index (κ3) is 3.66. The Bertz CT molecular complexity index is 174. The minimum absolute atomic E-state index is 0.113. The molecule has 0 aromatic carbocycles. The fourth-order valence-corrected chi connectivity index (χ4v) is 2.03. The van der Waals surface area contributed by atoms with Crippen LogP contribution in [-0.4, -0.2) is 30.4 Å². The molecule has 3 nitrogen and oxygen atoms in total. The van der Waals surface area contributed by atoms with Gasteiger partial charge in [-0.05, 0) is 38.9 Å². The molecule has 0 aromatic heterocycles. The number of primary amides is 1. The Morgan fingerprint density at radius 1 is 1.36 bits per heavy atom. The van der Waals surface area contributed by atoms with E-state index in [1.54, 1.807) is 0 Å². The number of hydrogen-bond acceptors (Lipinski definition) is 2. The molecule has 82 valence electrons. The van der Waals surface area contributed by atoms with Crippen LogP contribution in [0.4, 0.5) is 0 Å². The molecule has 1 aliphatic rings. The normalized spacial score (nSPS) is 19.8. The summed E-state index contributed by atoms with van der Waals surface area (Å²) in [4.78, 5) is 13.4. The van der Waals surface area contributed by atoms with Crippen LogP contribution in [-0.2, 0) is 4.79 Å². The van der Waals surface area contributed by atoms with E-state index in [1.165, 1.54) is 25.8 Å². The molecule has 3 heteroatoms. The molecule has 0 aromatic rings. The second-order valence-corrected chi connectivity index (χ2v) is 4.23. The maximum atomic E-state index is 10.9. The molecule has 2 N–H and O–H groups in total. The van der Waals surface area contributed by atoms with Crippen LogP contribution < -0.4 is 5.73 Å². The number of likely N-dealkylation sites (tertiary alicyclic amines) is 1. The molecule has 0 saturated carbocycles. The van der Waals surface area contributed by atoms with Crippen LogP contribution >= 0.6 is 0 Å². The molecule has 0 spiro atoms. The van der Waals surface area contributed by atoms with Crippen LogP contribution in [0.15, 0.2) is 0 Å². The van der Waals surface area contributed by atoms with Crippen LogP contribution in [0, 0.1) is 5.92 Å². The van der Waals surface area contributed by atoms with Gasteiger partial charge in [-0.15, -0.1) is 0 Å². The Kier molecular flexibility index (Phi) is 4.94.